The number of hydrogen-bond donors (Lipinski definition) is 1. The maximum Gasteiger partial charge on any atom is 0.278 e. The van der Waals surface area contributed by atoms with Gasteiger partial charge in [0.15, 0.2) is 0 Å². The average Bonchev–Trinajstić information content (AvgIpc) is 2.97. The summed E-state index contributed by atoms with van der Waals surface area (Å²) < 4.78 is 0. The summed E-state index contributed by atoms with van der Waals surface area (Å²) in [5.74, 6) is -0.680. The highest BCUT2D eigenvalue weighted by molar-refractivity contribution is 6.37. The van der Waals surface area contributed by atoms with Gasteiger partial charge < -0.3 is 5.32 Å². The molecule has 4 nitrogen and oxygen atoms in total. The molecule has 0 unspecified atom stereocenters. The van der Waals surface area contributed by atoms with Crippen molar-refractivity contribution in [1.82, 2.24) is 4.90 Å². The maximum atomic E-state index is 13.6. The molecule has 0 bridgehead atoms. The van der Waals surface area contributed by atoms with Crippen molar-refractivity contribution >= 4 is 34.7 Å². The predicted molar refractivity (Wildman–Crippen MR) is 129 cm³/mol. The van der Waals surface area contributed by atoms with Crippen molar-refractivity contribution in [3.63, 3.8) is 0 Å². The number of carbonyl (C=O) groups is 2. The molecule has 0 fully saturated rings. The molecule has 0 aromatic heterocycles. The van der Waals surface area contributed by atoms with Crippen molar-refractivity contribution in [1.29, 1.82) is 0 Å². The summed E-state index contributed by atoms with van der Waals surface area (Å²) in [6.45, 7) is 8.10. The summed E-state index contributed by atoms with van der Waals surface area (Å²) >= 11 is 6.32. The van der Waals surface area contributed by atoms with Crippen LogP contribution in [0.2, 0.25) is 5.02 Å². The van der Waals surface area contributed by atoms with Gasteiger partial charge in [-0.3, -0.25) is 14.5 Å². The van der Waals surface area contributed by atoms with Crippen molar-refractivity contribution in [3.05, 3.63) is 105 Å². The van der Waals surface area contributed by atoms with Crippen LogP contribution in [-0.4, -0.2) is 16.7 Å². The fraction of sp³-hybridized carbons (Fsp3) is 0.185. The molecular weight excluding hydrogens is 420 g/mol. The Morgan fingerprint density at radius 2 is 1.59 bits per heavy atom. The zero-order chi connectivity index (χ0) is 23.0. The number of halogens is 1. The molecule has 1 heterocycles. The van der Waals surface area contributed by atoms with Crippen LogP contribution in [0.15, 0.2) is 66.4 Å². The van der Waals surface area contributed by atoms with Crippen LogP contribution < -0.4 is 5.32 Å². The number of nitrogens with one attached hydrogen (secondary N) is 1. The number of nitrogens with zero attached hydrogens (tertiary/aromatic N) is 1. The zero-order valence-corrected chi connectivity index (χ0v) is 19.4. The van der Waals surface area contributed by atoms with Gasteiger partial charge in [-0.1, -0.05) is 65.7 Å². The minimum absolute atomic E-state index is 0.115. The molecule has 0 spiro atoms. The third-order valence-corrected chi connectivity index (χ3v) is 6.34. The second kappa shape index (κ2) is 8.64. The van der Waals surface area contributed by atoms with Crippen LogP contribution in [-0.2, 0) is 16.1 Å². The minimum Gasteiger partial charge on any atom is -0.350 e. The van der Waals surface area contributed by atoms with Gasteiger partial charge in [0.2, 0.25) is 0 Å². The van der Waals surface area contributed by atoms with Crippen LogP contribution in [0.1, 0.15) is 33.4 Å². The lowest BCUT2D eigenvalue weighted by Gasteiger charge is -2.17. The lowest BCUT2D eigenvalue weighted by molar-refractivity contribution is -0.137. The van der Waals surface area contributed by atoms with Gasteiger partial charge >= 0.3 is 0 Å². The summed E-state index contributed by atoms with van der Waals surface area (Å²) in [6, 6.07) is 19.0. The summed E-state index contributed by atoms with van der Waals surface area (Å²) in [7, 11) is 0. The summed E-state index contributed by atoms with van der Waals surface area (Å²) in [5.41, 5.74) is 7.15. The Balaban J connectivity index is 1.82. The van der Waals surface area contributed by atoms with Crippen molar-refractivity contribution in [3.8, 4) is 0 Å². The van der Waals surface area contributed by atoms with Gasteiger partial charge in [0.1, 0.15) is 5.70 Å². The normalized spacial score (nSPS) is 13.8. The fourth-order valence-electron chi connectivity index (χ4n) is 4.00. The molecule has 162 valence electrons. The van der Waals surface area contributed by atoms with Gasteiger partial charge in [-0.05, 0) is 67.6 Å². The molecular formula is C27H25ClN2O2. The number of imide groups is 1. The van der Waals surface area contributed by atoms with E-state index in [1.807, 2.05) is 82.3 Å². The van der Waals surface area contributed by atoms with E-state index in [9.17, 15) is 9.59 Å². The van der Waals surface area contributed by atoms with E-state index in [1.54, 1.807) is 6.07 Å². The number of rotatable bonds is 5. The van der Waals surface area contributed by atoms with E-state index in [0.717, 1.165) is 39.1 Å². The molecule has 2 amide bonds. The molecule has 1 aliphatic rings. The Hall–Kier alpha value is -3.37. The highest BCUT2D eigenvalue weighted by atomic mass is 35.5. The van der Waals surface area contributed by atoms with Crippen LogP contribution in [0.3, 0.4) is 0 Å². The topological polar surface area (TPSA) is 49.4 Å². The highest BCUT2D eigenvalue weighted by Gasteiger charge is 2.40. The largest absolute Gasteiger partial charge is 0.350 e. The molecule has 3 aromatic rings. The Kier molecular flexibility index (Phi) is 5.90. The van der Waals surface area contributed by atoms with Gasteiger partial charge in [0.25, 0.3) is 11.8 Å². The Morgan fingerprint density at radius 3 is 2.31 bits per heavy atom. The predicted octanol–water partition coefficient (Wildman–Crippen LogP) is 5.97. The fourth-order valence-corrected chi connectivity index (χ4v) is 4.19. The highest BCUT2D eigenvalue weighted by Crippen LogP contribution is 2.34. The molecule has 0 radical (unpaired) electrons. The van der Waals surface area contributed by atoms with Gasteiger partial charge in [0, 0.05) is 10.7 Å². The SMILES string of the molecule is Cc1ccc(C2=C(Nc3cccc(C)c3C)C(=O)N(Cc3ccccc3Cl)C2=O)c(C)c1. The van der Waals surface area contributed by atoms with Crippen LogP contribution >= 0.6 is 11.6 Å². The first-order valence-electron chi connectivity index (χ1n) is 10.5. The Bertz CT molecular complexity index is 1280. The van der Waals surface area contributed by atoms with Crippen LogP contribution in [0.25, 0.3) is 5.57 Å². The number of anilines is 1. The first-order chi connectivity index (χ1) is 15.3. The molecule has 0 atom stereocenters. The number of hydrogen-bond acceptors (Lipinski definition) is 3. The summed E-state index contributed by atoms with van der Waals surface area (Å²) in [6.07, 6.45) is 0. The first-order valence-corrected chi connectivity index (χ1v) is 10.9. The minimum atomic E-state index is -0.356. The van der Waals surface area contributed by atoms with Crippen molar-refractivity contribution < 1.29 is 9.59 Å². The molecule has 1 N–H and O–H groups in total. The van der Waals surface area contributed by atoms with E-state index >= 15 is 0 Å². The van der Waals surface area contributed by atoms with E-state index in [-0.39, 0.29) is 18.4 Å². The van der Waals surface area contributed by atoms with Crippen molar-refractivity contribution in [2.24, 2.45) is 0 Å². The van der Waals surface area contributed by atoms with Crippen molar-refractivity contribution in [2.45, 2.75) is 34.2 Å². The van der Waals surface area contributed by atoms with E-state index in [0.29, 0.717) is 16.3 Å². The van der Waals surface area contributed by atoms with Gasteiger partial charge in [-0.15, -0.1) is 0 Å². The lowest BCUT2D eigenvalue weighted by Crippen LogP contribution is -2.32. The van der Waals surface area contributed by atoms with Crippen LogP contribution in [0, 0.1) is 27.7 Å². The molecule has 0 aliphatic carbocycles. The van der Waals surface area contributed by atoms with E-state index in [1.165, 1.54) is 4.90 Å². The van der Waals surface area contributed by atoms with E-state index < -0.39 is 0 Å². The van der Waals surface area contributed by atoms with Crippen LogP contribution in [0.4, 0.5) is 5.69 Å². The molecule has 0 saturated carbocycles. The van der Waals surface area contributed by atoms with Gasteiger partial charge in [-0.25, -0.2) is 0 Å². The third-order valence-electron chi connectivity index (χ3n) is 5.97. The molecule has 0 saturated heterocycles. The van der Waals surface area contributed by atoms with Gasteiger partial charge in [-0.2, -0.15) is 0 Å². The number of benzene rings is 3. The maximum absolute atomic E-state index is 13.6. The molecule has 5 heteroatoms. The molecule has 32 heavy (non-hydrogen) atoms. The molecule has 4 rings (SSSR count). The second-order valence-electron chi connectivity index (χ2n) is 8.23. The van der Waals surface area contributed by atoms with Gasteiger partial charge in [0.05, 0.1) is 12.1 Å². The standard InChI is InChI=1S/C27H25ClN2O2/c1-16-12-13-21(18(3)14-16)24-25(29-23-11-7-8-17(2)19(23)4)27(32)30(26(24)31)15-20-9-5-6-10-22(20)28/h5-14,29H,15H2,1-4H3. The first kappa shape index (κ1) is 21.8. The quantitative estimate of drug-likeness (QED) is 0.493. The lowest BCUT2D eigenvalue weighted by atomic mass is 9.97. The van der Waals surface area contributed by atoms with Crippen molar-refractivity contribution in [2.75, 3.05) is 5.32 Å². The average molecular weight is 445 g/mol. The van der Waals surface area contributed by atoms with E-state index in [2.05, 4.69) is 5.32 Å². The monoisotopic (exact) mass is 444 g/mol. The Labute approximate surface area is 193 Å². The van der Waals surface area contributed by atoms with Crippen LogP contribution in [0.5, 0.6) is 0 Å². The Morgan fingerprint density at radius 1 is 0.844 bits per heavy atom. The third kappa shape index (κ3) is 3.94. The summed E-state index contributed by atoms with van der Waals surface area (Å²) in [5, 5.41) is 3.81. The number of carbonyl (C=O) groups excluding carboxylic acids is 2. The van der Waals surface area contributed by atoms with E-state index in [4.69, 9.17) is 11.6 Å². The zero-order valence-electron chi connectivity index (χ0n) is 18.6. The summed E-state index contributed by atoms with van der Waals surface area (Å²) in [4.78, 5) is 28.4. The number of aryl methyl sites for hydroxylation is 3. The molecule has 1 aliphatic heterocycles. The molecule has 3 aromatic carbocycles. The second-order valence-corrected chi connectivity index (χ2v) is 8.64. The smallest absolute Gasteiger partial charge is 0.278 e. The number of amides is 2.